The van der Waals surface area contributed by atoms with Gasteiger partial charge in [-0.25, -0.2) is 0 Å². The topological polar surface area (TPSA) is 76.1 Å². The number of aliphatic carboxylic acids is 1. The van der Waals surface area contributed by atoms with E-state index >= 15 is 0 Å². The number of carboxylic acids is 1. The summed E-state index contributed by atoms with van der Waals surface area (Å²) in [5, 5.41) is 8.85. The highest BCUT2D eigenvalue weighted by molar-refractivity contribution is 5.81. The third-order valence-corrected chi connectivity index (χ3v) is 3.31. The maximum Gasteiger partial charge on any atom is 0.323 e. The van der Waals surface area contributed by atoms with E-state index in [1.54, 1.807) is 13.8 Å². The first-order valence-electron chi connectivity index (χ1n) is 6.87. The largest absolute Gasteiger partial charge is 0.480 e. The van der Waals surface area contributed by atoms with E-state index in [1.807, 2.05) is 18.2 Å². The molecular formula is C15H19NO5. The zero-order valence-electron chi connectivity index (χ0n) is 12.2. The lowest BCUT2D eigenvalue weighted by Crippen LogP contribution is -2.40. The lowest BCUT2D eigenvalue weighted by Gasteiger charge is -2.24. The van der Waals surface area contributed by atoms with Crippen LogP contribution in [0.1, 0.15) is 25.8 Å². The number of carbonyl (C=O) groups excluding carboxylic acids is 1. The van der Waals surface area contributed by atoms with Crippen LogP contribution in [0.5, 0.6) is 11.5 Å². The number of aryl methyl sites for hydroxylation is 1. The van der Waals surface area contributed by atoms with E-state index in [-0.39, 0.29) is 31.7 Å². The van der Waals surface area contributed by atoms with Crippen LogP contribution in [-0.2, 0) is 16.0 Å². The summed E-state index contributed by atoms with van der Waals surface area (Å²) < 4.78 is 10.5. The van der Waals surface area contributed by atoms with Gasteiger partial charge in [0.25, 0.3) is 0 Å². The molecule has 0 bridgehead atoms. The fraction of sp³-hybridized carbons (Fsp3) is 0.467. The highest BCUT2D eigenvalue weighted by Crippen LogP contribution is 2.32. The van der Waals surface area contributed by atoms with Gasteiger partial charge < -0.3 is 19.5 Å². The molecule has 0 spiro atoms. The molecule has 2 rings (SSSR count). The standard InChI is InChI=1S/C15H19NO5/c1-10(2)16(8-15(18)19)14(17)6-4-11-3-5-12-13(7-11)21-9-20-12/h3,5,7,10H,4,6,8-9H2,1-2H3,(H,18,19). The van der Waals surface area contributed by atoms with E-state index in [2.05, 4.69) is 0 Å². The minimum absolute atomic E-state index is 0.134. The van der Waals surface area contributed by atoms with Crippen molar-refractivity contribution in [2.75, 3.05) is 13.3 Å². The van der Waals surface area contributed by atoms with E-state index in [4.69, 9.17) is 14.6 Å². The van der Waals surface area contributed by atoms with Crippen molar-refractivity contribution in [3.8, 4) is 11.5 Å². The molecule has 1 N–H and O–H groups in total. The van der Waals surface area contributed by atoms with Gasteiger partial charge >= 0.3 is 5.97 Å². The summed E-state index contributed by atoms with van der Waals surface area (Å²) in [4.78, 5) is 24.3. The Morgan fingerprint density at radius 1 is 1.29 bits per heavy atom. The number of fused-ring (bicyclic) bond motifs is 1. The van der Waals surface area contributed by atoms with Crippen molar-refractivity contribution in [2.45, 2.75) is 32.7 Å². The molecule has 21 heavy (non-hydrogen) atoms. The second-order valence-electron chi connectivity index (χ2n) is 5.20. The molecule has 0 fully saturated rings. The molecule has 0 aliphatic carbocycles. The maximum absolute atomic E-state index is 12.1. The minimum atomic E-state index is -1.000. The molecule has 1 aliphatic rings. The molecule has 0 atom stereocenters. The predicted octanol–water partition coefficient (Wildman–Crippen LogP) is 1.67. The second-order valence-corrected chi connectivity index (χ2v) is 5.20. The Morgan fingerprint density at radius 2 is 2.00 bits per heavy atom. The van der Waals surface area contributed by atoms with Crippen LogP contribution < -0.4 is 9.47 Å². The molecule has 114 valence electrons. The van der Waals surface area contributed by atoms with Crippen LogP contribution in [0.15, 0.2) is 18.2 Å². The van der Waals surface area contributed by atoms with Crippen molar-refractivity contribution in [1.82, 2.24) is 4.90 Å². The first kappa shape index (κ1) is 15.2. The number of hydrogen-bond acceptors (Lipinski definition) is 4. The number of hydrogen-bond donors (Lipinski definition) is 1. The summed E-state index contributed by atoms with van der Waals surface area (Å²) in [6.07, 6.45) is 0.809. The third kappa shape index (κ3) is 3.87. The predicted molar refractivity (Wildman–Crippen MR) is 75.4 cm³/mol. The Balaban J connectivity index is 1.95. The fourth-order valence-electron chi connectivity index (χ4n) is 2.20. The average Bonchev–Trinajstić information content (AvgIpc) is 2.89. The van der Waals surface area contributed by atoms with Crippen LogP contribution in [0.4, 0.5) is 0 Å². The lowest BCUT2D eigenvalue weighted by molar-refractivity contribution is -0.145. The second kappa shape index (κ2) is 6.47. The number of ether oxygens (including phenoxy) is 2. The van der Waals surface area contributed by atoms with E-state index in [0.29, 0.717) is 17.9 Å². The van der Waals surface area contributed by atoms with Crippen LogP contribution in [-0.4, -0.2) is 41.3 Å². The Hall–Kier alpha value is -2.24. The zero-order valence-corrected chi connectivity index (χ0v) is 12.2. The number of amides is 1. The molecule has 0 aromatic heterocycles. The normalized spacial score (nSPS) is 12.5. The van der Waals surface area contributed by atoms with Crippen molar-refractivity contribution >= 4 is 11.9 Å². The van der Waals surface area contributed by atoms with Gasteiger partial charge in [-0.15, -0.1) is 0 Å². The molecular weight excluding hydrogens is 274 g/mol. The highest BCUT2D eigenvalue weighted by atomic mass is 16.7. The fourth-order valence-corrected chi connectivity index (χ4v) is 2.20. The van der Waals surface area contributed by atoms with E-state index in [0.717, 1.165) is 5.56 Å². The van der Waals surface area contributed by atoms with Crippen LogP contribution in [0.2, 0.25) is 0 Å². The van der Waals surface area contributed by atoms with Gasteiger partial charge in [-0.1, -0.05) is 6.07 Å². The van der Waals surface area contributed by atoms with Gasteiger partial charge in [0.05, 0.1) is 0 Å². The smallest absolute Gasteiger partial charge is 0.323 e. The SMILES string of the molecule is CC(C)N(CC(=O)O)C(=O)CCc1ccc2c(c1)OCO2. The van der Waals surface area contributed by atoms with Crippen LogP contribution in [0.3, 0.4) is 0 Å². The molecule has 1 aromatic rings. The molecule has 6 nitrogen and oxygen atoms in total. The summed E-state index contributed by atoms with van der Waals surface area (Å²) >= 11 is 0. The van der Waals surface area contributed by atoms with Gasteiger partial charge in [-0.05, 0) is 38.0 Å². The number of carboxylic acid groups (broad SMARTS) is 1. The number of benzene rings is 1. The Morgan fingerprint density at radius 3 is 2.67 bits per heavy atom. The highest BCUT2D eigenvalue weighted by Gasteiger charge is 2.20. The lowest BCUT2D eigenvalue weighted by atomic mass is 10.1. The van der Waals surface area contributed by atoms with Crippen molar-refractivity contribution in [3.63, 3.8) is 0 Å². The van der Waals surface area contributed by atoms with Gasteiger partial charge in [0.15, 0.2) is 11.5 Å². The summed E-state index contributed by atoms with van der Waals surface area (Å²) in [6, 6.07) is 5.43. The first-order chi connectivity index (χ1) is 9.97. The van der Waals surface area contributed by atoms with Crippen molar-refractivity contribution in [3.05, 3.63) is 23.8 Å². The van der Waals surface area contributed by atoms with Crippen molar-refractivity contribution in [2.24, 2.45) is 0 Å². The molecule has 0 unspecified atom stereocenters. The minimum Gasteiger partial charge on any atom is -0.480 e. The van der Waals surface area contributed by atoms with Gasteiger partial charge in [0.1, 0.15) is 6.54 Å². The monoisotopic (exact) mass is 293 g/mol. The van der Waals surface area contributed by atoms with Crippen LogP contribution in [0.25, 0.3) is 0 Å². The molecule has 0 radical (unpaired) electrons. The summed E-state index contributed by atoms with van der Waals surface area (Å²) in [7, 11) is 0. The van der Waals surface area contributed by atoms with Gasteiger partial charge in [-0.3, -0.25) is 9.59 Å². The Bertz CT molecular complexity index is 541. The molecule has 6 heteroatoms. The first-order valence-corrected chi connectivity index (χ1v) is 6.87. The maximum atomic E-state index is 12.1. The molecule has 1 amide bonds. The quantitative estimate of drug-likeness (QED) is 0.863. The third-order valence-electron chi connectivity index (χ3n) is 3.31. The van der Waals surface area contributed by atoms with Crippen LogP contribution >= 0.6 is 0 Å². The zero-order chi connectivity index (χ0) is 15.4. The van der Waals surface area contributed by atoms with Crippen molar-refractivity contribution in [1.29, 1.82) is 0 Å². The number of rotatable bonds is 6. The van der Waals surface area contributed by atoms with Gasteiger partial charge in [-0.2, -0.15) is 0 Å². The summed E-state index contributed by atoms with van der Waals surface area (Å²) in [6.45, 7) is 3.57. The summed E-state index contributed by atoms with van der Waals surface area (Å²) in [5.74, 6) is 0.233. The molecule has 1 aromatic carbocycles. The van der Waals surface area contributed by atoms with E-state index in [1.165, 1.54) is 4.90 Å². The van der Waals surface area contributed by atoms with Gasteiger partial charge in [0, 0.05) is 12.5 Å². The Labute approximate surface area is 123 Å². The van der Waals surface area contributed by atoms with E-state index in [9.17, 15) is 9.59 Å². The van der Waals surface area contributed by atoms with Crippen LogP contribution in [0, 0.1) is 0 Å². The Kier molecular flexibility index (Phi) is 4.67. The van der Waals surface area contributed by atoms with E-state index < -0.39 is 5.97 Å². The number of carbonyl (C=O) groups is 2. The average molecular weight is 293 g/mol. The van der Waals surface area contributed by atoms with Crippen molar-refractivity contribution < 1.29 is 24.2 Å². The molecule has 1 aliphatic heterocycles. The van der Waals surface area contributed by atoms with Gasteiger partial charge in [0.2, 0.25) is 12.7 Å². The molecule has 0 saturated carbocycles. The molecule has 1 heterocycles. The summed E-state index contributed by atoms with van der Waals surface area (Å²) in [5.41, 5.74) is 0.964. The number of nitrogens with zero attached hydrogens (tertiary/aromatic N) is 1. The molecule has 0 saturated heterocycles.